The lowest BCUT2D eigenvalue weighted by Crippen LogP contribution is -2.17. The van der Waals surface area contributed by atoms with Crippen molar-refractivity contribution in [3.63, 3.8) is 0 Å². The third-order valence-electron chi connectivity index (χ3n) is 4.88. The van der Waals surface area contributed by atoms with Gasteiger partial charge in [0.2, 0.25) is 0 Å². The first kappa shape index (κ1) is 19.7. The number of terminal acetylenes is 1. The zero-order chi connectivity index (χ0) is 21.1. The highest BCUT2D eigenvalue weighted by atomic mass is 32.1. The van der Waals surface area contributed by atoms with E-state index in [1.54, 1.807) is 14.2 Å². The van der Waals surface area contributed by atoms with Crippen molar-refractivity contribution in [2.75, 3.05) is 14.2 Å². The Bertz CT molecular complexity index is 1350. The van der Waals surface area contributed by atoms with Crippen molar-refractivity contribution in [1.29, 1.82) is 0 Å². The van der Waals surface area contributed by atoms with Gasteiger partial charge < -0.3 is 14.0 Å². The number of carbonyl (C=O) groups excluding carboxylic acids is 1. The second-order valence-electron chi connectivity index (χ2n) is 6.67. The van der Waals surface area contributed by atoms with E-state index in [1.807, 2.05) is 59.2 Å². The zero-order valence-electron chi connectivity index (χ0n) is 16.7. The molecule has 0 unspecified atom stereocenters. The summed E-state index contributed by atoms with van der Waals surface area (Å²) in [5.41, 5.74) is 1.81. The van der Waals surface area contributed by atoms with Gasteiger partial charge in [-0.25, -0.2) is 0 Å². The number of ether oxygens (including phenoxy) is 2. The van der Waals surface area contributed by atoms with E-state index in [2.05, 4.69) is 10.9 Å². The van der Waals surface area contributed by atoms with Crippen LogP contribution in [0.1, 0.15) is 5.56 Å². The lowest BCUT2D eigenvalue weighted by atomic mass is 10.0. The van der Waals surface area contributed by atoms with Crippen molar-refractivity contribution in [3.05, 3.63) is 65.0 Å². The van der Waals surface area contributed by atoms with Crippen molar-refractivity contribution in [2.45, 2.75) is 13.0 Å². The van der Waals surface area contributed by atoms with Gasteiger partial charge in [0.05, 0.1) is 37.4 Å². The number of fused-ring (bicyclic) bond motifs is 2. The Kier molecular flexibility index (Phi) is 5.55. The Morgan fingerprint density at radius 2 is 1.83 bits per heavy atom. The predicted molar refractivity (Wildman–Crippen MR) is 120 cm³/mol. The van der Waals surface area contributed by atoms with Gasteiger partial charge in [-0.2, -0.15) is 4.99 Å². The molecule has 0 aliphatic rings. The first-order valence-electron chi connectivity index (χ1n) is 9.37. The van der Waals surface area contributed by atoms with Crippen LogP contribution in [-0.2, 0) is 17.8 Å². The maximum absolute atomic E-state index is 12.8. The molecule has 1 aromatic heterocycles. The smallest absolute Gasteiger partial charge is 0.252 e. The lowest BCUT2D eigenvalue weighted by molar-refractivity contribution is -0.117. The number of carbonyl (C=O) groups is 1. The van der Waals surface area contributed by atoms with Gasteiger partial charge in [-0.3, -0.25) is 4.79 Å². The molecule has 0 fully saturated rings. The molecule has 5 nitrogen and oxygen atoms in total. The van der Waals surface area contributed by atoms with E-state index in [0.29, 0.717) is 22.8 Å². The molecule has 0 saturated carbocycles. The molecule has 0 atom stereocenters. The second-order valence-corrected chi connectivity index (χ2v) is 7.68. The molecule has 0 spiro atoms. The molecule has 0 N–H and O–H groups in total. The van der Waals surface area contributed by atoms with Crippen molar-refractivity contribution in [2.24, 2.45) is 4.99 Å². The molecule has 1 amide bonds. The largest absolute Gasteiger partial charge is 0.493 e. The molecule has 4 rings (SSSR count). The maximum Gasteiger partial charge on any atom is 0.252 e. The van der Waals surface area contributed by atoms with E-state index in [4.69, 9.17) is 15.9 Å². The van der Waals surface area contributed by atoms with Crippen LogP contribution in [0.4, 0.5) is 0 Å². The van der Waals surface area contributed by atoms with E-state index in [-0.39, 0.29) is 12.3 Å². The Hall–Kier alpha value is -3.56. The van der Waals surface area contributed by atoms with Crippen molar-refractivity contribution in [3.8, 4) is 23.8 Å². The Morgan fingerprint density at radius 3 is 2.60 bits per heavy atom. The van der Waals surface area contributed by atoms with Gasteiger partial charge in [0.15, 0.2) is 16.3 Å². The van der Waals surface area contributed by atoms with Crippen LogP contribution in [0.15, 0.2) is 59.6 Å². The number of hydrogen-bond donors (Lipinski definition) is 0. The Balaban J connectivity index is 1.78. The van der Waals surface area contributed by atoms with Crippen LogP contribution in [0, 0.1) is 12.3 Å². The summed E-state index contributed by atoms with van der Waals surface area (Å²) in [6, 6.07) is 17.7. The van der Waals surface area contributed by atoms with Crippen LogP contribution in [0.25, 0.3) is 21.0 Å². The van der Waals surface area contributed by atoms with Gasteiger partial charge in [0, 0.05) is 12.1 Å². The quantitative estimate of drug-likeness (QED) is 0.459. The number of aromatic nitrogens is 1. The van der Waals surface area contributed by atoms with Crippen molar-refractivity contribution >= 4 is 38.2 Å². The molecule has 0 aliphatic heterocycles. The summed E-state index contributed by atoms with van der Waals surface area (Å²) in [5, 5.41) is 2.16. The van der Waals surface area contributed by atoms with Gasteiger partial charge in [-0.1, -0.05) is 59.7 Å². The fraction of sp³-hybridized carbons (Fsp3) is 0.167. The van der Waals surface area contributed by atoms with E-state index in [0.717, 1.165) is 26.6 Å². The van der Waals surface area contributed by atoms with Crippen molar-refractivity contribution < 1.29 is 14.3 Å². The molecule has 6 heteroatoms. The van der Waals surface area contributed by atoms with E-state index in [1.165, 1.54) is 11.3 Å². The molecule has 0 radical (unpaired) electrons. The summed E-state index contributed by atoms with van der Waals surface area (Å²) >= 11 is 1.40. The van der Waals surface area contributed by atoms with Crippen LogP contribution in [0.5, 0.6) is 11.5 Å². The van der Waals surface area contributed by atoms with E-state index in [9.17, 15) is 4.79 Å². The summed E-state index contributed by atoms with van der Waals surface area (Å²) < 4.78 is 13.6. The molecule has 1 heterocycles. The molecule has 150 valence electrons. The average Bonchev–Trinajstić information content (AvgIpc) is 3.09. The van der Waals surface area contributed by atoms with Crippen LogP contribution >= 0.6 is 11.3 Å². The number of rotatable bonds is 5. The standard InChI is InChI=1S/C24H20N2O3S/c1-4-12-26-19-14-20(28-2)21(29-3)15-22(19)30-24(26)25-23(27)13-17-10-7-9-16-8-5-6-11-18(16)17/h1,5-11,14-15H,12-13H2,2-3H3. The van der Waals surface area contributed by atoms with Gasteiger partial charge in [-0.05, 0) is 16.3 Å². The van der Waals surface area contributed by atoms with Gasteiger partial charge in [0.25, 0.3) is 5.91 Å². The molecule has 30 heavy (non-hydrogen) atoms. The third kappa shape index (κ3) is 3.68. The average molecular weight is 417 g/mol. The number of thiazole rings is 1. The molecule has 0 saturated heterocycles. The number of benzene rings is 3. The number of methoxy groups -OCH3 is 2. The van der Waals surface area contributed by atoms with Gasteiger partial charge in [0.1, 0.15) is 0 Å². The zero-order valence-corrected chi connectivity index (χ0v) is 17.5. The molecule has 3 aromatic carbocycles. The highest BCUT2D eigenvalue weighted by Crippen LogP contribution is 2.33. The summed E-state index contributed by atoms with van der Waals surface area (Å²) in [7, 11) is 3.17. The highest BCUT2D eigenvalue weighted by molar-refractivity contribution is 7.16. The molecular formula is C24H20N2O3S. The Morgan fingerprint density at radius 1 is 1.10 bits per heavy atom. The number of hydrogen-bond acceptors (Lipinski definition) is 4. The first-order chi connectivity index (χ1) is 14.6. The lowest BCUT2D eigenvalue weighted by Gasteiger charge is -2.08. The molecule has 0 bridgehead atoms. The SMILES string of the molecule is C#CCn1c(=NC(=O)Cc2cccc3ccccc23)sc2cc(OC)c(OC)cc21. The van der Waals surface area contributed by atoms with Crippen LogP contribution in [-0.4, -0.2) is 24.7 Å². The van der Waals surface area contributed by atoms with Crippen LogP contribution in [0.3, 0.4) is 0 Å². The summed E-state index contributed by atoms with van der Waals surface area (Å²) in [4.78, 5) is 17.8. The minimum absolute atomic E-state index is 0.220. The summed E-state index contributed by atoms with van der Waals surface area (Å²) in [6.07, 6.45) is 5.79. The summed E-state index contributed by atoms with van der Waals surface area (Å²) in [6.45, 7) is 0.301. The normalized spacial score (nSPS) is 11.6. The first-order valence-corrected chi connectivity index (χ1v) is 10.2. The third-order valence-corrected chi connectivity index (χ3v) is 5.92. The minimum Gasteiger partial charge on any atom is -0.493 e. The van der Waals surface area contributed by atoms with E-state index >= 15 is 0 Å². The van der Waals surface area contributed by atoms with Gasteiger partial charge >= 0.3 is 0 Å². The Labute approximate surface area is 178 Å². The minimum atomic E-state index is -0.220. The maximum atomic E-state index is 12.8. The summed E-state index contributed by atoms with van der Waals surface area (Å²) in [5.74, 6) is 3.64. The van der Waals surface area contributed by atoms with E-state index < -0.39 is 0 Å². The fourth-order valence-electron chi connectivity index (χ4n) is 3.48. The second kappa shape index (κ2) is 8.44. The van der Waals surface area contributed by atoms with Gasteiger partial charge in [-0.15, -0.1) is 6.42 Å². The fourth-order valence-corrected chi connectivity index (χ4v) is 4.54. The number of nitrogens with zero attached hydrogens (tertiary/aromatic N) is 2. The predicted octanol–water partition coefficient (Wildman–Crippen LogP) is 4.18. The van der Waals surface area contributed by atoms with Crippen LogP contribution in [0.2, 0.25) is 0 Å². The number of amides is 1. The molecular weight excluding hydrogens is 396 g/mol. The van der Waals surface area contributed by atoms with Crippen LogP contribution < -0.4 is 14.3 Å². The highest BCUT2D eigenvalue weighted by Gasteiger charge is 2.13. The topological polar surface area (TPSA) is 52.8 Å². The molecule has 4 aromatic rings. The monoisotopic (exact) mass is 416 g/mol. The van der Waals surface area contributed by atoms with Crippen molar-refractivity contribution in [1.82, 2.24) is 4.57 Å². The molecule has 0 aliphatic carbocycles.